The second-order valence-corrected chi connectivity index (χ2v) is 12.2. The SMILES string of the molecule is Cc1c(-c2ccn(C)n2)nc(CN2CCC(c3cccc4c3O[C@@](C)(c3ccc(Cl)cc3F)O4)CC2)n1C[C@@H]1CCO1. The first-order chi connectivity index (χ1) is 20.3. The molecule has 2 fully saturated rings. The minimum atomic E-state index is -1.25. The van der Waals surface area contributed by atoms with Gasteiger partial charge in [-0.25, -0.2) is 9.37 Å². The molecule has 2 aromatic carbocycles. The van der Waals surface area contributed by atoms with Gasteiger partial charge in [0.1, 0.15) is 23.0 Å². The molecule has 10 heteroatoms. The van der Waals surface area contributed by atoms with Gasteiger partial charge in [0.15, 0.2) is 11.5 Å². The lowest BCUT2D eigenvalue weighted by molar-refractivity contribution is -0.0712. The predicted molar refractivity (Wildman–Crippen MR) is 157 cm³/mol. The normalized spacial score (nSPS) is 22.5. The molecule has 0 unspecified atom stereocenters. The van der Waals surface area contributed by atoms with Crippen molar-refractivity contribution in [3.8, 4) is 22.9 Å². The number of aryl methyl sites for hydroxylation is 1. The van der Waals surface area contributed by atoms with Crippen molar-refractivity contribution in [2.24, 2.45) is 7.05 Å². The van der Waals surface area contributed by atoms with Gasteiger partial charge in [-0.15, -0.1) is 0 Å². The largest absolute Gasteiger partial charge is 0.444 e. The molecule has 0 spiro atoms. The zero-order chi connectivity index (χ0) is 29.0. The number of hydrogen-bond acceptors (Lipinski definition) is 6. The van der Waals surface area contributed by atoms with E-state index in [2.05, 4.69) is 27.6 Å². The van der Waals surface area contributed by atoms with Crippen LogP contribution in [0.4, 0.5) is 4.39 Å². The summed E-state index contributed by atoms with van der Waals surface area (Å²) in [6.07, 6.45) is 5.23. The molecule has 2 saturated heterocycles. The number of nitrogens with zero attached hydrogens (tertiary/aromatic N) is 5. The van der Waals surface area contributed by atoms with Crippen molar-refractivity contribution < 1.29 is 18.6 Å². The van der Waals surface area contributed by atoms with E-state index < -0.39 is 11.6 Å². The molecule has 0 N–H and O–H groups in total. The van der Waals surface area contributed by atoms with Gasteiger partial charge in [-0.3, -0.25) is 9.58 Å². The Labute approximate surface area is 250 Å². The molecule has 0 radical (unpaired) electrons. The summed E-state index contributed by atoms with van der Waals surface area (Å²) >= 11 is 5.99. The molecule has 5 heterocycles. The highest BCUT2D eigenvalue weighted by atomic mass is 35.5. The highest BCUT2D eigenvalue weighted by Gasteiger charge is 2.43. The molecular weight excluding hydrogens is 557 g/mol. The summed E-state index contributed by atoms with van der Waals surface area (Å²) in [7, 11) is 1.93. The fourth-order valence-electron chi connectivity index (χ4n) is 6.41. The molecule has 2 aromatic heterocycles. The third-order valence-corrected chi connectivity index (χ3v) is 9.09. The standard InChI is InChI=1S/C32H35ClFN5O3/c1-20-30(27-11-13-37(3)36-27)35-29(39(20)18-23-12-16-40-23)19-38-14-9-21(10-15-38)24-5-4-6-28-31(24)42-32(2,41-28)25-8-7-22(33)17-26(25)34/h4-8,11,13,17,21,23H,9-10,12,14-16,18-19H2,1-3H3/t23-,32-/m0/s1. The van der Waals surface area contributed by atoms with Crippen LogP contribution in [0.2, 0.25) is 5.02 Å². The molecular formula is C32H35ClFN5O3. The fourth-order valence-corrected chi connectivity index (χ4v) is 6.57. The Kier molecular flexibility index (Phi) is 6.99. The number of piperidine rings is 1. The minimum absolute atomic E-state index is 0.244. The summed E-state index contributed by atoms with van der Waals surface area (Å²) in [5.41, 5.74) is 4.41. The second kappa shape index (κ2) is 10.7. The van der Waals surface area contributed by atoms with Crippen molar-refractivity contribution in [2.75, 3.05) is 19.7 Å². The first-order valence-electron chi connectivity index (χ1n) is 14.6. The van der Waals surface area contributed by atoms with Crippen molar-refractivity contribution in [2.45, 2.75) is 64.0 Å². The van der Waals surface area contributed by atoms with Crippen LogP contribution in [0.5, 0.6) is 11.5 Å². The average molecular weight is 592 g/mol. The third kappa shape index (κ3) is 4.97. The lowest BCUT2D eigenvalue weighted by Gasteiger charge is -2.33. The average Bonchev–Trinajstić information content (AvgIpc) is 3.61. The van der Waals surface area contributed by atoms with E-state index in [1.807, 2.05) is 36.1 Å². The summed E-state index contributed by atoms with van der Waals surface area (Å²) in [5.74, 6) is 1.02. The Morgan fingerprint density at radius 1 is 1.10 bits per heavy atom. The topological polar surface area (TPSA) is 66.6 Å². The molecule has 0 aliphatic carbocycles. The number of para-hydroxylation sites is 1. The second-order valence-electron chi connectivity index (χ2n) is 11.7. The molecule has 7 rings (SSSR count). The van der Waals surface area contributed by atoms with E-state index in [4.69, 9.17) is 30.8 Å². The van der Waals surface area contributed by atoms with Gasteiger partial charge in [0.2, 0.25) is 0 Å². The molecule has 0 bridgehead atoms. The van der Waals surface area contributed by atoms with Crippen LogP contribution in [0.25, 0.3) is 11.4 Å². The fraction of sp³-hybridized carbons (Fsp3) is 0.438. The highest BCUT2D eigenvalue weighted by molar-refractivity contribution is 6.30. The molecule has 0 amide bonds. The van der Waals surface area contributed by atoms with Crippen molar-refractivity contribution in [1.29, 1.82) is 0 Å². The lowest BCUT2D eigenvalue weighted by Crippen LogP contribution is -2.35. The van der Waals surface area contributed by atoms with E-state index in [0.29, 0.717) is 28.0 Å². The number of fused-ring (bicyclic) bond motifs is 1. The molecule has 220 valence electrons. The molecule has 3 aliphatic heterocycles. The molecule has 2 atom stereocenters. The van der Waals surface area contributed by atoms with E-state index in [-0.39, 0.29) is 6.10 Å². The van der Waals surface area contributed by atoms with Gasteiger partial charge >= 0.3 is 0 Å². The number of ether oxygens (including phenoxy) is 3. The number of halogens is 2. The quantitative estimate of drug-likeness (QED) is 0.255. The molecule has 42 heavy (non-hydrogen) atoms. The Balaban J connectivity index is 1.07. The Bertz CT molecular complexity index is 1620. The van der Waals surface area contributed by atoms with E-state index in [1.54, 1.807) is 19.1 Å². The zero-order valence-corrected chi connectivity index (χ0v) is 24.9. The van der Waals surface area contributed by atoms with Crippen LogP contribution >= 0.6 is 11.6 Å². The summed E-state index contributed by atoms with van der Waals surface area (Å²) in [5, 5.41) is 4.95. The number of hydrogen-bond donors (Lipinski definition) is 0. The highest BCUT2D eigenvalue weighted by Crippen LogP contribution is 2.50. The molecule has 3 aliphatic rings. The Morgan fingerprint density at radius 2 is 1.90 bits per heavy atom. The van der Waals surface area contributed by atoms with E-state index in [9.17, 15) is 4.39 Å². The third-order valence-electron chi connectivity index (χ3n) is 8.86. The van der Waals surface area contributed by atoms with Crippen LogP contribution in [0.1, 0.15) is 54.7 Å². The maximum Gasteiger partial charge on any atom is 0.278 e. The molecule has 8 nitrogen and oxygen atoms in total. The van der Waals surface area contributed by atoms with Crippen LogP contribution in [0.15, 0.2) is 48.7 Å². The first-order valence-corrected chi connectivity index (χ1v) is 15.0. The number of imidazole rings is 1. The van der Waals surface area contributed by atoms with Gasteiger partial charge in [-0.2, -0.15) is 5.10 Å². The molecule has 4 aromatic rings. The van der Waals surface area contributed by atoms with Gasteiger partial charge in [-0.05, 0) is 75.5 Å². The van der Waals surface area contributed by atoms with Crippen molar-refractivity contribution in [1.82, 2.24) is 24.2 Å². The summed E-state index contributed by atoms with van der Waals surface area (Å²) in [4.78, 5) is 7.57. The van der Waals surface area contributed by atoms with Crippen LogP contribution in [0, 0.1) is 12.7 Å². The summed E-state index contributed by atoms with van der Waals surface area (Å²) in [6.45, 7) is 8.18. The number of aromatic nitrogens is 4. The van der Waals surface area contributed by atoms with Crippen LogP contribution in [-0.4, -0.2) is 50.0 Å². The summed E-state index contributed by atoms with van der Waals surface area (Å²) < 4.78 is 37.3. The van der Waals surface area contributed by atoms with Gasteiger partial charge < -0.3 is 18.8 Å². The maximum atomic E-state index is 14.8. The first kappa shape index (κ1) is 27.4. The Morgan fingerprint density at radius 3 is 2.60 bits per heavy atom. The van der Waals surface area contributed by atoms with Crippen molar-refractivity contribution in [3.05, 3.63) is 82.1 Å². The summed E-state index contributed by atoms with van der Waals surface area (Å²) in [6, 6.07) is 12.6. The molecule has 0 saturated carbocycles. The van der Waals surface area contributed by atoms with Gasteiger partial charge in [-0.1, -0.05) is 23.7 Å². The van der Waals surface area contributed by atoms with Gasteiger partial charge in [0, 0.05) is 43.1 Å². The number of likely N-dealkylation sites (tertiary alicyclic amines) is 1. The monoisotopic (exact) mass is 591 g/mol. The smallest absolute Gasteiger partial charge is 0.278 e. The van der Waals surface area contributed by atoms with Crippen LogP contribution in [-0.2, 0) is 30.7 Å². The van der Waals surface area contributed by atoms with Crippen LogP contribution < -0.4 is 9.47 Å². The van der Waals surface area contributed by atoms with Gasteiger partial charge in [0.05, 0.1) is 24.8 Å². The Hall–Kier alpha value is -3.40. The predicted octanol–water partition coefficient (Wildman–Crippen LogP) is 6.20. The van der Waals surface area contributed by atoms with E-state index in [1.165, 1.54) is 6.07 Å². The minimum Gasteiger partial charge on any atom is -0.444 e. The number of benzene rings is 2. The lowest BCUT2D eigenvalue weighted by atomic mass is 9.88. The van der Waals surface area contributed by atoms with E-state index >= 15 is 0 Å². The van der Waals surface area contributed by atoms with Crippen LogP contribution in [0.3, 0.4) is 0 Å². The number of rotatable bonds is 7. The van der Waals surface area contributed by atoms with Gasteiger partial charge in [0.25, 0.3) is 5.79 Å². The maximum absolute atomic E-state index is 14.8. The van der Waals surface area contributed by atoms with E-state index in [0.717, 1.165) is 80.5 Å². The van der Waals surface area contributed by atoms with Crippen molar-refractivity contribution >= 4 is 11.6 Å². The zero-order valence-electron chi connectivity index (χ0n) is 24.1. The van der Waals surface area contributed by atoms with Crippen molar-refractivity contribution in [3.63, 3.8) is 0 Å².